The van der Waals surface area contributed by atoms with Crippen molar-refractivity contribution in [2.45, 2.75) is 19.4 Å². The molecule has 0 aliphatic carbocycles. The Hall–Kier alpha value is -3.34. The predicted octanol–water partition coefficient (Wildman–Crippen LogP) is 3.98. The fraction of sp³-hybridized carbons (Fsp3) is 0.182. The number of anilines is 2. The third-order valence-electron chi connectivity index (χ3n) is 4.68. The maximum atomic E-state index is 13.1. The zero-order valence-corrected chi connectivity index (χ0v) is 15.0. The molecule has 1 heterocycles. The SMILES string of the molecule is CC[C@H](Oc1ccc2ccccc2c1)C(=O)N1CC(=O)Nc2ccccc21. The van der Waals surface area contributed by atoms with Crippen LogP contribution in [0.2, 0.25) is 0 Å². The van der Waals surface area contributed by atoms with Crippen LogP contribution in [0.4, 0.5) is 11.4 Å². The van der Waals surface area contributed by atoms with E-state index in [4.69, 9.17) is 4.74 Å². The summed E-state index contributed by atoms with van der Waals surface area (Å²) in [5.74, 6) is 0.221. The van der Waals surface area contributed by atoms with E-state index in [9.17, 15) is 9.59 Å². The van der Waals surface area contributed by atoms with E-state index in [2.05, 4.69) is 5.32 Å². The number of hydrogen-bond donors (Lipinski definition) is 1. The predicted molar refractivity (Wildman–Crippen MR) is 106 cm³/mol. The first kappa shape index (κ1) is 17.1. The van der Waals surface area contributed by atoms with E-state index < -0.39 is 6.10 Å². The van der Waals surface area contributed by atoms with E-state index in [-0.39, 0.29) is 18.4 Å². The average Bonchev–Trinajstić information content (AvgIpc) is 2.70. The number of hydrogen-bond acceptors (Lipinski definition) is 3. The van der Waals surface area contributed by atoms with Crippen LogP contribution in [0.3, 0.4) is 0 Å². The number of fused-ring (bicyclic) bond motifs is 2. The van der Waals surface area contributed by atoms with Crippen LogP contribution in [0.1, 0.15) is 13.3 Å². The molecule has 0 spiro atoms. The molecule has 0 unspecified atom stereocenters. The van der Waals surface area contributed by atoms with Gasteiger partial charge in [-0.1, -0.05) is 49.4 Å². The van der Waals surface area contributed by atoms with Crippen molar-refractivity contribution in [2.24, 2.45) is 0 Å². The van der Waals surface area contributed by atoms with E-state index in [1.165, 1.54) is 4.90 Å². The molecular weight excluding hydrogens is 340 g/mol. The van der Waals surface area contributed by atoms with Gasteiger partial charge in [0, 0.05) is 0 Å². The molecule has 1 N–H and O–H groups in total. The monoisotopic (exact) mass is 360 g/mol. The highest BCUT2D eigenvalue weighted by molar-refractivity contribution is 6.11. The molecule has 4 rings (SSSR count). The summed E-state index contributed by atoms with van der Waals surface area (Å²) in [4.78, 5) is 26.6. The summed E-state index contributed by atoms with van der Waals surface area (Å²) in [6.07, 6.45) is -0.156. The Kier molecular flexibility index (Phi) is 4.50. The summed E-state index contributed by atoms with van der Waals surface area (Å²) < 4.78 is 6.01. The van der Waals surface area contributed by atoms with Crippen molar-refractivity contribution in [1.29, 1.82) is 0 Å². The number of amides is 2. The van der Waals surface area contributed by atoms with Crippen LogP contribution >= 0.6 is 0 Å². The largest absolute Gasteiger partial charge is 0.481 e. The van der Waals surface area contributed by atoms with Crippen molar-refractivity contribution >= 4 is 34.0 Å². The van der Waals surface area contributed by atoms with Gasteiger partial charge in [-0.3, -0.25) is 14.5 Å². The molecule has 136 valence electrons. The number of ether oxygens (including phenoxy) is 1. The number of para-hydroxylation sites is 2. The minimum absolute atomic E-state index is 0.00652. The second-order valence-corrected chi connectivity index (χ2v) is 6.51. The van der Waals surface area contributed by atoms with Crippen molar-refractivity contribution in [3.63, 3.8) is 0 Å². The van der Waals surface area contributed by atoms with Crippen molar-refractivity contribution in [3.8, 4) is 5.75 Å². The Labute approximate surface area is 157 Å². The van der Waals surface area contributed by atoms with Crippen molar-refractivity contribution < 1.29 is 14.3 Å². The first-order valence-corrected chi connectivity index (χ1v) is 9.01. The molecule has 0 saturated carbocycles. The van der Waals surface area contributed by atoms with Gasteiger partial charge in [0.05, 0.1) is 11.4 Å². The smallest absolute Gasteiger partial charge is 0.268 e. The third-order valence-corrected chi connectivity index (χ3v) is 4.68. The van der Waals surface area contributed by atoms with Gasteiger partial charge in [-0.25, -0.2) is 0 Å². The molecular formula is C22H20N2O3. The molecule has 0 fully saturated rings. The first-order chi connectivity index (χ1) is 13.2. The molecule has 0 radical (unpaired) electrons. The van der Waals surface area contributed by atoms with Gasteiger partial charge in [0.2, 0.25) is 5.91 Å². The molecule has 1 aliphatic rings. The van der Waals surface area contributed by atoms with Crippen LogP contribution in [-0.2, 0) is 9.59 Å². The first-order valence-electron chi connectivity index (χ1n) is 9.01. The topological polar surface area (TPSA) is 58.6 Å². The minimum Gasteiger partial charge on any atom is -0.481 e. The van der Waals surface area contributed by atoms with Crippen LogP contribution in [0.15, 0.2) is 66.7 Å². The molecule has 1 atom stereocenters. The maximum absolute atomic E-state index is 13.1. The van der Waals surface area contributed by atoms with Crippen molar-refractivity contribution in [1.82, 2.24) is 0 Å². The summed E-state index contributed by atoms with van der Waals surface area (Å²) in [5, 5.41) is 4.97. The lowest BCUT2D eigenvalue weighted by molar-refractivity contribution is -0.127. The highest BCUT2D eigenvalue weighted by atomic mass is 16.5. The summed E-state index contributed by atoms with van der Waals surface area (Å²) in [6.45, 7) is 1.90. The Bertz CT molecular complexity index is 1020. The van der Waals surface area contributed by atoms with Crippen molar-refractivity contribution in [2.75, 3.05) is 16.8 Å². The van der Waals surface area contributed by atoms with Crippen LogP contribution in [0.5, 0.6) is 5.75 Å². The van der Waals surface area contributed by atoms with E-state index in [0.29, 0.717) is 23.5 Å². The Morgan fingerprint density at radius 1 is 1.07 bits per heavy atom. The lowest BCUT2D eigenvalue weighted by Gasteiger charge is -2.31. The van der Waals surface area contributed by atoms with Gasteiger partial charge in [-0.15, -0.1) is 0 Å². The fourth-order valence-electron chi connectivity index (χ4n) is 3.32. The Balaban J connectivity index is 1.60. The molecule has 5 heteroatoms. The van der Waals surface area contributed by atoms with E-state index >= 15 is 0 Å². The summed E-state index contributed by atoms with van der Waals surface area (Å²) in [7, 11) is 0. The average molecular weight is 360 g/mol. The van der Waals surface area contributed by atoms with Crippen LogP contribution in [0, 0.1) is 0 Å². The van der Waals surface area contributed by atoms with Gasteiger partial charge in [-0.2, -0.15) is 0 Å². The zero-order valence-electron chi connectivity index (χ0n) is 15.0. The molecule has 0 bridgehead atoms. The van der Waals surface area contributed by atoms with Gasteiger partial charge in [-0.05, 0) is 41.5 Å². The Morgan fingerprint density at radius 2 is 1.81 bits per heavy atom. The third kappa shape index (κ3) is 3.36. The lowest BCUT2D eigenvalue weighted by Crippen LogP contribution is -2.48. The second-order valence-electron chi connectivity index (χ2n) is 6.51. The second kappa shape index (κ2) is 7.11. The highest BCUT2D eigenvalue weighted by Crippen LogP contribution is 2.30. The minimum atomic E-state index is -0.662. The van der Waals surface area contributed by atoms with Crippen LogP contribution < -0.4 is 15.0 Å². The van der Waals surface area contributed by atoms with E-state index in [1.807, 2.05) is 67.6 Å². The van der Waals surface area contributed by atoms with Gasteiger partial charge in [0.1, 0.15) is 12.3 Å². The molecule has 3 aromatic rings. The summed E-state index contributed by atoms with van der Waals surface area (Å²) in [6, 6.07) is 21.1. The van der Waals surface area contributed by atoms with Gasteiger partial charge < -0.3 is 10.1 Å². The summed E-state index contributed by atoms with van der Waals surface area (Å²) >= 11 is 0. The molecule has 5 nitrogen and oxygen atoms in total. The van der Waals surface area contributed by atoms with Gasteiger partial charge >= 0.3 is 0 Å². The number of rotatable bonds is 4. The number of carbonyl (C=O) groups is 2. The summed E-state index contributed by atoms with van der Waals surface area (Å²) in [5.41, 5.74) is 1.34. The standard InChI is InChI=1S/C22H20N2O3/c1-2-20(27-17-12-11-15-7-3-4-8-16(15)13-17)22(26)24-14-21(25)23-18-9-5-6-10-19(18)24/h3-13,20H,2,14H2,1H3,(H,23,25)/t20-/m0/s1. The molecule has 2 amide bonds. The zero-order chi connectivity index (χ0) is 18.8. The number of benzene rings is 3. The lowest BCUT2D eigenvalue weighted by atomic mass is 10.1. The van der Waals surface area contributed by atoms with E-state index in [1.54, 1.807) is 6.07 Å². The van der Waals surface area contributed by atoms with Gasteiger partial charge in [0.25, 0.3) is 5.91 Å². The maximum Gasteiger partial charge on any atom is 0.268 e. The number of carbonyl (C=O) groups excluding carboxylic acids is 2. The van der Waals surface area contributed by atoms with Crippen molar-refractivity contribution in [3.05, 3.63) is 66.7 Å². The van der Waals surface area contributed by atoms with Crippen LogP contribution in [0.25, 0.3) is 10.8 Å². The normalized spacial score (nSPS) is 14.4. The number of nitrogens with zero attached hydrogens (tertiary/aromatic N) is 1. The van der Waals surface area contributed by atoms with Gasteiger partial charge in [0.15, 0.2) is 6.10 Å². The molecule has 3 aromatic carbocycles. The molecule has 1 aliphatic heterocycles. The molecule has 0 aromatic heterocycles. The fourth-order valence-corrected chi connectivity index (χ4v) is 3.32. The number of nitrogens with one attached hydrogen (secondary N) is 1. The quantitative estimate of drug-likeness (QED) is 0.765. The highest BCUT2D eigenvalue weighted by Gasteiger charge is 2.31. The molecule has 0 saturated heterocycles. The molecule has 27 heavy (non-hydrogen) atoms. The van der Waals surface area contributed by atoms with Crippen LogP contribution in [-0.4, -0.2) is 24.5 Å². The Morgan fingerprint density at radius 3 is 2.63 bits per heavy atom. The van der Waals surface area contributed by atoms with E-state index in [0.717, 1.165) is 10.8 Å².